The van der Waals surface area contributed by atoms with Crippen LogP contribution in [-0.4, -0.2) is 66.6 Å². The smallest absolute Gasteiger partial charge is 0.323 e. The van der Waals surface area contributed by atoms with Gasteiger partial charge in [-0.2, -0.15) is 35.5 Å². The molecular weight excluding hydrogens is 610 g/mol. The maximum atomic E-state index is 12.9. The topological polar surface area (TPSA) is 283 Å². The van der Waals surface area contributed by atoms with Crippen molar-refractivity contribution >= 4 is 75.2 Å². The highest BCUT2D eigenvalue weighted by Crippen LogP contribution is 2.37. The quantitative estimate of drug-likeness (QED) is 0.0919. The molecule has 0 aliphatic carbocycles. The molecule has 20 heteroatoms. The van der Waals surface area contributed by atoms with Crippen LogP contribution in [0.15, 0.2) is 72.2 Å². The molecule has 6 N–H and O–H groups in total. The van der Waals surface area contributed by atoms with Crippen LogP contribution in [0.2, 0.25) is 0 Å². The molecule has 4 aromatic rings. The van der Waals surface area contributed by atoms with Crippen molar-refractivity contribution in [2.24, 2.45) is 10.2 Å². The fraction of sp³-hybridized carbons (Fsp3) is 0.0952. The van der Waals surface area contributed by atoms with Crippen LogP contribution < -0.4 is 11.0 Å². The summed E-state index contributed by atoms with van der Waals surface area (Å²) in [6.45, 7) is 0.963. The molecule has 0 saturated heterocycles. The Bertz CT molecular complexity index is 2180. The molecule has 41 heavy (non-hydrogen) atoms. The monoisotopic (exact) mass is 627 g/mol. The zero-order valence-corrected chi connectivity index (χ0v) is 22.7. The van der Waals surface area contributed by atoms with Gasteiger partial charge in [0.2, 0.25) is 6.04 Å². The molecule has 216 valence electrons. The number of carbonyl (C=O) groups is 2. The summed E-state index contributed by atoms with van der Waals surface area (Å²) in [4.78, 5) is 38.4. The van der Waals surface area contributed by atoms with E-state index >= 15 is 0 Å². The standard InChI is InChI=1S/C21H17N5O12S3/c1-9(27)19(20(28)22-11-2-3-14-15(6-11)24-21(29)23-14)26-25-16-7-12(39(30,31)32)4-10-5-13(40(33,34)35)8-17(18(10)16)41(36,37)38/h2-8,19H,1H3,(H,22,28)(H2,23,24,29)(H,30,31,32)(H,33,34,35)(H,36,37,38). The second-order valence-corrected chi connectivity index (χ2v) is 12.7. The number of fused-ring (bicyclic) bond motifs is 2. The number of aromatic nitrogens is 2. The van der Waals surface area contributed by atoms with Crippen molar-refractivity contribution < 1.29 is 48.5 Å². The number of benzene rings is 3. The minimum atomic E-state index is -5.27. The number of carbonyl (C=O) groups excluding carboxylic acids is 2. The summed E-state index contributed by atoms with van der Waals surface area (Å²) in [7, 11) is -15.4. The van der Waals surface area contributed by atoms with Crippen molar-refractivity contribution in [2.45, 2.75) is 27.7 Å². The van der Waals surface area contributed by atoms with Crippen LogP contribution >= 0.6 is 0 Å². The lowest BCUT2D eigenvalue weighted by atomic mass is 10.1. The number of aromatic amines is 2. The highest BCUT2D eigenvalue weighted by Gasteiger charge is 2.27. The van der Waals surface area contributed by atoms with Gasteiger partial charge in [-0.05, 0) is 54.8 Å². The summed E-state index contributed by atoms with van der Waals surface area (Å²) < 4.78 is 100.0. The van der Waals surface area contributed by atoms with E-state index in [9.17, 15) is 53.3 Å². The van der Waals surface area contributed by atoms with Crippen molar-refractivity contribution in [2.75, 3.05) is 5.32 Å². The zero-order valence-electron chi connectivity index (χ0n) is 20.3. The largest absolute Gasteiger partial charge is 0.324 e. The van der Waals surface area contributed by atoms with Crippen LogP contribution in [-0.2, 0) is 39.9 Å². The summed E-state index contributed by atoms with van der Waals surface area (Å²) >= 11 is 0. The Labute approximate surface area is 229 Å². The Balaban J connectivity index is 1.87. The summed E-state index contributed by atoms with van der Waals surface area (Å²) in [5.74, 6) is -1.92. The first-order chi connectivity index (χ1) is 18.8. The lowest BCUT2D eigenvalue weighted by molar-refractivity contribution is -0.126. The van der Waals surface area contributed by atoms with Crippen LogP contribution in [0.4, 0.5) is 11.4 Å². The fourth-order valence-electron chi connectivity index (χ4n) is 3.74. The van der Waals surface area contributed by atoms with Crippen molar-refractivity contribution in [1.29, 1.82) is 0 Å². The first kappa shape index (κ1) is 29.6. The third-order valence-corrected chi connectivity index (χ3v) is 8.05. The molecular formula is C21H17N5O12S3. The third-order valence-electron chi connectivity index (χ3n) is 5.51. The van der Waals surface area contributed by atoms with Gasteiger partial charge < -0.3 is 15.3 Å². The van der Waals surface area contributed by atoms with E-state index in [-0.39, 0.29) is 5.69 Å². The second-order valence-electron chi connectivity index (χ2n) is 8.44. The number of anilines is 1. The lowest BCUT2D eigenvalue weighted by Crippen LogP contribution is -2.31. The molecule has 0 bridgehead atoms. The first-order valence-electron chi connectivity index (χ1n) is 10.8. The van der Waals surface area contributed by atoms with Crippen LogP contribution in [0.3, 0.4) is 0 Å². The van der Waals surface area contributed by atoms with E-state index in [0.29, 0.717) is 35.3 Å². The minimum Gasteiger partial charge on any atom is -0.324 e. The predicted molar refractivity (Wildman–Crippen MR) is 140 cm³/mol. The number of Topliss-reactive ketones (excluding diaryl/α,β-unsaturated/α-hetero) is 1. The van der Waals surface area contributed by atoms with Gasteiger partial charge in [-0.3, -0.25) is 23.2 Å². The molecule has 17 nitrogen and oxygen atoms in total. The number of nitrogens with zero attached hydrogens (tertiary/aromatic N) is 2. The van der Waals surface area contributed by atoms with Gasteiger partial charge in [-0.25, -0.2) is 4.79 Å². The summed E-state index contributed by atoms with van der Waals surface area (Å²) in [5.41, 5.74) is -0.358. The van der Waals surface area contributed by atoms with Crippen molar-refractivity contribution in [3.63, 3.8) is 0 Å². The Morgan fingerprint density at radius 1 is 0.829 bits per heavy atom. The van der Waals surface area contributed by atoms with Crippen LogP contribution in [0.25, 0.3) is 21.8 Å². The summed E-state index contributed by atoms with van der Waals surface area (Å²) in [6.07, 6.45) is 0. The van der Waals surface area contributed by atoms with Gasteiger partial charge in [0.15, 0.2) is 5.78 Å². The normalized spacial score (nSPS) is 13.6. The van der Waals surface area contributed by atoms with Gasteiger partial charge >= 0.3 is 5.69 Å². The molecule has 1 amide bonds. The first-order valence-corrected chi connectivity index (χ1v) is 15.1. The third kappa shape index (κ3) is 6.37. The number of nitrogens with one attached hydrogen (secondary N) is 3. The van der Waals surface area contributed by atoms with Gasteiger partial charge in [0.1, 0.15) is 4.90 Å². The highest BCUT2D eigenvalue weighted by molar-refractivity contribution is 7.87. The summed E-state index contributed by atoms with van der Waals surface area (Å²) in [6, 6.07) is 4.53. The van der Waals surface area contributed by atoms with Gasteiger partial charge in [0, 0.05) is 11.1 Å². The number of amides is 1. The molecule has 1 unspecified atom stereocenters. The predicted octanol–water partition coefficient (Wildman–Crippen LogP) is 1.43. The molecule has 1 heterocycles. The van der Waals surface area contributed by atoms with Crippen molar-refractivity contribution in [1.82, 2.24) is 9.97 Å². The molecule has 1 aromatic heterocycles. The van der Waals surface area contributed by atoms with Crippen molar-refractivity contribution in [3.8, 4) is 0 Å². The molecule has 3 aromatic carbocycles. The number of hydrogen-bond donors (Lipinski definition) is 6. The molecule has 4 rings (SSSR count). The number of rotatable bonds is 8. The van der Waals surface area contributed by atoms with E-state index in [2.05, 4.69) is 25.5 Å². The highest BCUT2D eigenvalue weighted by atomic mass is 32.2. The number of imidazole rings is 1. The molecule has 0 fully saturated rings. The molecule has 0 aliphatic rings. The Morgan fingerprint density at radius 2 is 1.41 bits per heavy atom. The second kappa shape index (κ2) is 10.2. The van der Waals surface area contributed by atoms with Gasteiger partial charge in [0.05, 0.1) is 26.5 Å². The molecule has 0 aliphatic heterocycles. The fourth-order valence-corrected chi connectivity index (χ4v) is 5.65. The van der Waals surface area contributed by atoms with E-state index < -0.39 is 84.9 Å². The molecule has 0 spiro atoms. The van der Waals surface area contributed by atoms with Crippen LogP contribution in [0.1, 0.15) is 6.92 Å². The van der Waals surface area contributed by atoms with E-state index in [0.717, 1.165) is 6.92 Å². The van der Waals surface area contributed by atoms with Gasteiger partial charge in [-0.15, -0.1) is 0 Å². The number of azo groups is 1. The molecule has 1 atom stereocenters. The van der Waals surface area contributed by atoms with Crippen LogP contribution in [0, 0.1) is 0 Å². The SMILES string of the molecule is CC(=O)C(N=Nc1cc(S(=O)(=O)O)cc2cc(S(=O)(=O)O)cc(S(=O)(=O)O)c12)C(=O)Nc1ccc2[nH]c(=O)[nH]c2c1. The maximum absolute atomic E-state index is 12.9. The Hall–Kier alpha value is -4.34. The van der Waals surface area contributed by atoms with E-state index in [1.165, 1.54) is 18.2 Å². The average molecular weight is 628 g/mol. The maximum Gasteiger partial charge on any atom is 0.323 e. The number of H-pyrrole nitrogens is 2. The Kier molecular flexibility index (Phi) is 7.41. The summed E-state index contributed by atoms with van der Waals surface area (Å²) in [5, 5.41) is 8.44. The van der Waals surface area contributed by atoms with Crippen molar-refractivity contribution in [3.05, 3.63) is 52.9 Å². The molecule has 0 saturated carbocycles. The van der Waals surface area contributed by atoms with E-state index in [1.54, 1.807) is 0 Å². The minimum absolute atomic E-state index is 0.129. The van der Waals surface area contributed by atoms with Gasteiger partial charge in [-0.1, -0.05) is 0 Å². The van der Waals surface area contributed by atoms with E-state index in [1.807, 2.05) is 0 Å². The van der Waals surface area contributed by atoms with E-state index in [4.69, 9.17) is 0 Å². The number of ketones is 1. The van der Waals surface area contributed by atoms with Gasteiger partial charge in [0.25, 0.3) is 36.3 Å². The molecule has 0 radical (unpaired) electrons. The Morgan fingerprint density at radius 3 is 1.98 bits per heavy atom. The average Bonchev–Trinajstić information content (AvgIpc) is 3.20. The van der Waals surface area contributed by atoms with Crippen LogP contribution in [0.5, 0.6) is 0 Å². The number of hydrogen-bond acceptors (Lipinski definition) is 11. The zero-order chi connectivity index (χ0) is 30.5. The lowest BCUT2D eigenvalue weighted by Gasteiger charge is -2.12.